The van der Waals surface area contributed by atoms with Crippen molar-refractivity contribution in [1.29, 1.82) is 0 Å². The molecular weight excluding hydrogens is 408 g/mol. The molecule has 2 atom stereocenters. The van der Waals surface area contributed by atoms with Crippen LogP contribution in [0.15, 0.2) is 22.7 Å². The van der Waals surface area contributed by atoms with E-state index in [1.807, 2.05) is 39.8 Å². The van der Waals surface area contributed by atoms with Gasteiger partial charge in [0.25, 0.3) is 0 Å². The van der Waals surface area contributed by atoms with Crippen LogP contribution in [0.2, 0.25) is 5.02 Å². The number of halogens is 2. The van der Waals surface area contributed by atoms with Crippen LogP contribution in [-0.4, -0.2) is 46.5 Å². The van der Waals surface area contributed by atoms with Gasteiger partial charge in [-0.2, -0.15) is 0 Å². The van der Waals surface area contributed by atoms with Gasteiger partial charge in [-0.3, -0.25) is 4.79 Å². The first-order chi connectivity index (χ1) is 11.5. The summed E-state index contributed by atoms with van der Waals surface area (Å²) < 4.78 is 6.36. The number of amides is 2. The Morgan fingerprint density at radius 1 is 1.20 bits per heavy atom. The Labute approximate surface area is 162 Å². The first kappa shape index (κ1) is 20.0. The summed E-state index contributed by atoms with van der Waals surface area (Å²) in [6.07, 6.45) is -0.366. The number of ether oxygens (including phenoxy) is 1. The molecule has 1 aromatic rings. The highest BCUT2D eigenvalue weighted by Crippen LogP contribution is 2.35. The summed E-state index contributed by atoms with van der Waals surface area (Å²) in [4.78, 5) is 28.2. The molecule has 0 bridgehead atoms. The maximum absolute atomic E-state index is 12.6. The maximum Gasteiger partial charge on any atom is 0.410 e. The minimum absolute atomic E-state index is 0.0308. The number of hydrogen-bond donors (Lipinski definition) is 0. The zero-order chi connectivity index (χ0) is 18.9. The maximum atomic E-state index is 12.6. The second kappa shape index (κ2) is 7.54. The molecule has 1 fully saturated rings. The average molecular weight is 432 g/mol. The molecule has 0 spiro atoms. The molecule has 0 aromatic heterocycles. The van der Waals surface area contributed by atoms with E-state index in [0.717, 1.165) is 10.0 Å². The van der Waals surface area contributed by atoms with Gasteiger partial charge in [0.2, 0.25) is 5.91 Å². The summed E-state index contributed by atoms with van der Waals surface area (Å²) in [5.41, 5.74) is 0.318. The third kappa shape index (κ3) is 4.88. The summed E-state index contributed by atoms with van der Waals surface area (Å²) in [7, 11) is 0. The van der Waals surface area contributed by atoms with Crippen molar-refractivity contribution in [3.05, 3.63) is 33.3 Å². The van der Waals surface area contributed by atoms with E-state index in [1.165, 1.54) is 0 Å². The number of nitrogens with zero attached hydrogens (tertiary/aromatic N) is 2. The van der Waals surface area contributed by atoms with E-state index in [1.54, 1.807) is 22.8 Å². The van der Waals surface area contributed by atoms with E-state index in [2.05, 4.69) is 15.9 Å². The molecule has 0 aliphatic carbocycles. The minimum Gasteiger partial charge on any atom is -0.444 e. The summed E-state index contributed by atoms with van der Waals surface area (Å²) in [5, 5.41) is 0.578. The molecule has 0 unspecified atom stereocenters. The molecule has 1 aliphatic rings. The van der Waals surface area contributed by atoms with Gasteiger partial charge in [-0.15, -0.1) is 0 Å². The van der Waals surface area contributed by atoms with Gasteiger partial charge in [0, 0.05) is 29.5 Å². The van der Waals surface area contributed by atoms with Crippen molar-refractivity contribution < 1.29 is 14.3 Å². The Hall–Kier alpha value is -1.27. The van der Waals surface area contributed by atoms with Crippen molar-refractivity contribution in [1.82, 2.24) is 9.80 Å². The number of carbonyl (C=O) groups is 2. The molecule has 0 saturated carbocycles. The molecule has 0 N–H and O–H groups in total. The van der Waals surface area contributed by atoms with Crippen molar-refractivity contribution >= 4 is 39.5 Å². The van der Waals surface area contributed by atoms with E-state index < -0.39 is 5.60 Å². The Balaban J connectivity index is 2.37. The molecule has 0 radical (unpaired) electrons. The van der Waals surface area contributed by atoms with E-state index in [0.29, 0.717) is 18.1 Å². The van der Waals surface area contributed by atoms with Crippen molar-refractivity contribution in [3.63, 3.8) is 0 Å². The van der Waals surface area contributed by atoms with Crippen LogP contribution in [0.3, 0.4) is 0 Å². The van der Waals surface area contributed by atoms with Crippen molar-refractivity contribution in [2.45, 2.75) is 52.3 Å². The molecule has 2 amide bonds. The van der Waals surface area contributed by atoms with Crippen LogP contribution >= 0.6 is 27.5 Å². The standard InChI is InChI=1S/C18H24BrClN2O3/c1-11-16(13-8-14(19)10-15(20)9-13)22(12(2)23)7-6-21(11)17(24)25-18(3,4)5/h8-11,16H,6-7H2,1-5H3/t11-,16+/m0/s1. The molecule has 138 valence electrons. The Morgan fingerprint density at radius 3 is 2.32 bits per heavy atom. The van der Waals surface area contributed by atoms with Crippen LogP contribution < -0.4 is 0 Å². The van der Waals surface area contributed by atoms with Crippen LogP contribution in [0.1, 0.15) is 46.2 Å². The Kier molecular flexibility index (Phi) is 6.05. The number of carbonyl (C=O) groups excluding carboxylic acids is 2. The molecule has 2 rings (SSSR count). The molecular formula is C18H24BrClN2O3. The fourth-order valence-corrected chi connectivity index (χ4v) is 4.01. The summed E-state index contributed by atoms with van der Waals surface area (Å²) in [6.45, 7) is 9.88. The Bertz CT molecular complexity index is 655. The fraction of sp³-hybridized carbons (Fsp3) is 0.556. The molecule has 1 saturated heterocycles. The van der Waals surface area contributed by atoms with Gasteiger partial charge in [-0.25, -0.2) is 4.79 Å². The first-order valence-corrected chi connectivity index (χ1v) is 9.39. The highest BCUT2D eigenvalue weighted by Gasteiger charge is 2.40. The second-order valence-corrected chi connectivity index (χ2v) is 8.63. The highest BCUT2D eigenvalue weighted by atomic mass is 79.9. The smallest absolute Gasteiger partial charge is 0.410 e. The van der Waals surface area contributed by atoms with E-state index >= 15 is 0 Å². The minimum atomic E-state index is -0.566. The summed E-state index contributed by atoms with van der Waals surface area (Å²) in [5.74, 6) is -0.0308. The third-order valence-corrected chi connectivity index (χ3v) is 4.80. The van der Waals surface area contributed by atoms with E-state index in [4.69, 9.17) is 16.3 Å². The molecule has 1 aromatic carbocycles. The van der Waals surface area contributed by atoms with Crippen LogP contribution in [0.25, 0.3) is 0 Å². The Morgan fingerprint density at radius 2 is 1.80 bits per heavy atom. The lowest BCUT2D eigenvalue weighted by atomic mass is 9.95. The highest BCUT2D eigenvalue weighted by molar-refractivity contribution is 9.10. The normalized spacial score (nSPS) is 21.2. The van der Waals surface area contributed by atoms with Crippen molar-refractivity contribution in [3.8, 4) is 0 Å². The van der Waals surface area contributed by atoms with Crippen LogP contribution in [-0.2, 0) is 9.53 Å². The number of benzene rings is 1. The van der Waals surface area contributed by atoms with Gasteiger partial charge >= 0.3 is 6.09 Å². The lowest BCUT2D eigenvalue weighted by Gasteiger charge is -2.46. The summed E-state index contributed by atoms with van der Waals surface area (Å²) >= 11 is 9.64. The van der Waals surface area contributed by atoms with Gasteiger partial charge in [-0.05, 0) is 51.5 Å². The number of hydrogen-bond acceptors (Lipinski definition) is 3. The van der Waals surface area contributed by atoms with Gasteiger partial charge < -0.3 is 14.5 Å². The van der Waals surface area contributed by atoms with E-state index in [-0.39, 0.29) is 24.1 Å². The molecule has 7 heteroatoms. The molecule has 5 nitrogen and oxygen atoms in total. The first-order valence-electron chi connectivity index (χ1n) is 8.22. The average Bonchev–Trinajstić information content (AvgIpc) is 2.43. The lowest BCUT2D eigenvalue weighted by Crippen LogP contribution is -2.57. The predicted octanol–water partition coefficient (Wildman–Crippen LogP) is 4.63. The molecule has 1 aliphatic heterocycles. The molecule has 25 heavy (non-hydrogen) atoms. The zero-order valence-electron chi connectivity index (χ0n) is 15.2. The lowest BCUT2D eigenvalue weighted by molar-refractivity contribution is -0.136. The van der Waals surface area contributed by atoms with Gasteiger partial charge in [0.1, 0.15) is 5.60 Å². The van der Waals surface area contributed by atoms with Crippen LogP contribution in [0.4, 0.5) is 4.79 Å². The second-order valence-electron chi connectivity index (χ2n) is 7.27. The number of piperazine rings is 1. The van der Waals surface area contributed by atoms with Crippen LogP contribution in [0.5, 0.6) is 0 Å². The SMILES string of the molecule is CC(=O)N1CCN(C(=O)OC(C)(C)C)[C@@H](C)[C@@H]1c1cc(Cl)cc(Br)c1. The largest absolute Gasteiger partial charge is 0.444 e. The van der Waals surface area contributed by atoms with E-state index in [9.17, 15) is 9.59 Å². The number of rotatable bonds is 1. The van der Waals surface area contributed by atoms with Crippen molar-refractivity contribution in [2.24, 2.45) is 0 Å². The molecule has 1 heterocycles. The quantitative estimate of drug-likeness (QED) is 0.651. The van der Waals surface area contributed by atoms with Crippen molar-refractivity contribution in [2.75, 3.05) is 13.1 Å². The monoisotopic (exact) mass is 430 g/mol. The fourth-order valence-electron chi connectivity index (χ4n) is 3.12. The van der Waals surface area contributed by atoms with Gasteiger partial charge in [-0.1, -0.05) is 27.5 Å². The third-order valence-electron chi connectivity index (χ3n) is 4.13. The van der Waals surface area contributed by atoms with Gasteiger partial charge in [0.15, 0.2) is 0 Å². The van der Waals surface area contributed by atoms with Crippen LogP contribution in [0, 0.1) is 0 Å². The topological polar surface area (TPSA) is 49.9 Å². The summed E-state index contributed by atoms with van der Waals surface area (Å²) in [6, 6.07) is 5.04. The predicted molar refractivity (Wildman–Crippen MR) is 102 cm³/mol. The zero-order valence-corrected chi connectivity index (χ0v) is 17.5. The van der Waals surface area contributed by atoms with Gasteiger partial charge in [0.05, 0.1) is 12.1 Å².